The number of nitrogens with one attached hydrogen (secondary N) is 1. The van der Waals surface area contributed by atoms with Gasteiger partial charge in [0.2, 0.25) is 0 Å². The molecule has 1 heterocycles. The van der Waals surface area contributed by atoms with Gasteiger partial charge in [-0.15, -0.1) is 0 Å². The standard InChI is InChI=1S/C16H34N2/c1-6-7-14(4)11-18-12-16(10-13(2)3)17-9-8-15(18)5/h13-17H,6-12H2,1-5H3. The molecule has 2 nitrogen and oxygen atoms in total. The molecule has 1 fully saturated rings. The molecule has 1 aliphatic rings. The Labute approximate surface area is 115 Å². The third-order valence-corrected chi connectivity index (χ3v) is 4.16. The Hall–Kier alpha value is -0.0800. The Bertz CT molecular complexity index is 215. The molecule has 2 heteroatoms. The molecule has 0 saturated carbocycles. The second-order valence-corrected chi connectivity index (χ2v) is 6.77. The van der Waals surface area contributed by atoms with E-state index in [2.05, 4.69) is 44.8 Å². The van der Waals surface area contributed by atoms with Gasteiger partial charge >= 0.3 is 0 Å². The van der Waals surface area contributed by atoms with Crippen molar-refractivity contribution < 1.29 is 0 Å². The smallest absolute Gasteiger partial charge is 0.0197 e. The molecule has 0 bridgehead atoms. The molecule has 108 valence electrons. The first-order valence-electron chi connectivity index (χ1n) is 8.00. The van der Waals surface area contributed by atoms with Crippen LogP contribution in [0.15, 0.2) is 0 Å². The molecule has 3 unspecified atom stereocenters. The highest BCUT2D eigenvalue weighted by molar-refractivity contribution is 4.82. The van der Waals surface area contributed by atoms with Crippen molar-refractivity contribution in [2.24, 2.45) is 11.8 Å². The van der Waals surface area contributed by atoms with Crippen LogP contribution < -0.4 is 5.32 Å². The second kappa shape index (κ2) is 8.16. The van der Waals surface area contributed by atoms with Crippen molar-refractivity contribution in [3.05, 3.63) is 0 Å². The van der Waals surface area contributed by atoms with Crippen LogP contribution in [-0.4, -0.2) is 36.6 Å². The lowest BCUT2D eigenvalue weighted by Crippen LogP contribution is -2.42. The summed E-state index contributed by atoms with van der Waals surface area (Å²) < 4.78 is 0. The summed E-state index contributed by atoms with van der Waals surface area (Å²) in [5.41, 5.74) is 0. The van der Waals surface area contributed by atoms with Gasteiger partial charge in [0.25, 0.3) is 0 Å². The van der Waals surface area contributed by atoms with E-state index in [0.29, 0.717) is 6.04 Å². The molecule has 18 heavy (non-hydrogen) atoms. The predicted molar refractivity (Wildman–Crippen MR) is 81.0 cm³/mol. The Morgan fingerprint density at radius 3 is 2.61 bits per heavy atom. The molecule has 1 aliphatic heterocycles. The summed E-state index contributed by atoms with van der Waals surface area (Å²) in [5, 5.41) is 3.74. The molecule has 0 amide bonds. The lowest BCUT2D eigenvalue weighted by atomic mass is 10.0. The van der Waals surface area contributed by atoms with Gasteiger partial charge in [0.05, 0.1) is 0 Å². The van der Waals surface area contributed by atoms with Gasteiger partial charge in [-0.3, -0.25) is 4.90 Å². The van der Waals surface area contributed by atoms with Crippen LogP contribution in [0.25, 0.3) is 0 Å². The van der Waals surface area contributed by atoms with Crippen LogP contribution in [0, 0.1) is 11.8 Å². The Morgan fingerprint density at radius 2 is 2.00 bits per heavy atom. The van der Waals surface area contributed by atoms with Crippen molar-refractivity contribution in [1.82, 2.24) is 10.2 Å². The van der Waals surface area contributed by atoms with E-state index in [1.54, 1.807) is 0 Å². The predicted octanol–water partition coefficient (Wildman–Crippen LogP) is 3.52. The summed E-state index contributed by atoms with van der Waals surface area (Å²) in [6.45, 7) is 15.5. The van der Waals surface area contributed by atoms with Crippen LogP contribution in [0.1, 0.15) is 60.3 Å². The zero-order valence-corrected chi connectivity index (χ0v) is 13.2. The van der Waals surface area contributed by atoms with Gasteiger partial charge in [-0.25, -0.2) is 0 Å². The lowest BCUT2D eigenvalue weighted by molar-refractivity contribution is 0.169. The normalized spacial score (nSPS) is 28.3. The fourth-order valence-corrected chi connectivity index (χ4v) is 3.17. The van der Waals surface area contributed by atoms with Gasteiger partial charge in [-0.1, -0.05) is 34.1 Å². The highest BCUT2D eigenvalue weighted by atomic mass is 15.2. The van der Waals surface area contributed by atoms with Crippen LogP contribution in [0.5, 0.6) is 0 Å². The molecular formula is C16H34N2. The maximum absolute atomic E-state index is 3.74. The molecule has 0 aromatic heterocycles. The van der Waals surface area contributed by atoms with Crippen molar-refractivity contribution in [3.8, 4) is 0 Å². The van der Waals surface area contributed by atoms with Crippen molar-refractivity contribution >= 4 is 0 Å². The Balaban J connectivity index is 2.50. The third-order valence-electron chi connectivity index (χ3n) is 4.16. The molecule has 0 aromatic rings. The molecule has 0 aliphatic carbocycles. The summed E-state index contributed by atoms with van der Waals surface area (Å²) in [5.74, 6) is 1.64. The van der Waals surface area contributed by atoms with E-state index in [4.69, 9.17) is 0 Å². The van der Waals surface area contributed by atoms with E-state index < -0.39 is 0 Å². The van der Waals surface area contributed by atoms with Crippen molar-refractivity contribution in [2.45, 2.75) is 72.4 Å². The molecule has 1 N–H and O–H groups in total. The van der Waals surface area contributed by atoms with Crippen molar-refractivity contribution in [1.29, 1.82) is 0 Å². The number of hydrogen-bond donors (Lipinski definition) is 1. The Kier molecular flexibility index (Phi) is 7.25. The molecule has 0 aromatic carbocycles. The summed E-state index contributed by atoms with van der Waals surface area (Å²) in [7, 11) is 0. The number of hydrogen-bond acceptors (Lipinski definition) is 2. The van der Waals surface area contributed by atoms with E-state index in [1.165, 1.54) is 45.3 Å². The summed E-state index contributed by atoms with van der Waals surface area (Å²) in [6, 6.07) is 1.44. The van der Waals surface area contributed by atoms with E-state index in [-0.39, 0.29) is 0 Å². The number of rotatable bonds is 6. The van der Waals surface area contributed by atoms with Gasteiger partial charge in [0.15, 0.2) is 0 Å². The zero-order chi connectivity index (χ0) is 13.5. The van der Waals surface area contributed by atoms with Gasteiger partial charge in [-0.2, -0.15) is 0 Å². The molecular weight excluding hydrogens is 220 g/mol. The summed E-state index contributed by atoms with van der Waals surface area (Å²) >= 11 is 0. The van der Waals surface area contributed by atoms with E-state index in [0.717, 1.165) is 17.9 Å². The van der Waals surface area contributed by atoms with E-state index in [1.807, 2.05) is 0 Å². The SMILES string of the molecule is CCCC(C)CN1CC(CC(C)C)NCCC1C. The van der Waals surface area contributed by atoms with Crippen LogP contribution in [0.4, 0.5) is 0 Å². The average Bonchev–Trinajstić information content (AvgIpc) is 2.41. The second-order valence-electron chi connectivity index (χ2n) is 6.77. The fraction of sp³-hybridized carbons (Fsp3) is 1.00. The van der Waals surface area contributed by atoms with Gasteiger partial charge in [-0.05, 0) is 44.6 Å². The van der Waals surface area contributed by atoms with Gasteiger partial charge < -0.3 is 5.32 Å². The van der Waals surface area contributed by atoms with E-state index >= 15 is 0 Å². The summed E-state index contributed by atoms with van der Waals surface area (Å²) in [6.07, 6.45) is 5.29. The summed E-state index contributed by atoms with van der Waals surface area (Å²) in [4.78, 5) is 2.73. The molecule has 3 atom stereocenters. The monoisotopic (exact) mass is 254 g/mol. The van der Waals surface area contributed by atoms with Crippen LogP contribution >= 0.6 is 0 Å². The first-order chi connectivity index (χ1) is 8.52. The first kappa shape index (κ1) is 16.0. The van der Waals surface area contributed by atoms with Crippen LogP contribution in [0.3, 0.4) is 0 Å². The van der Waals surface area contributed by atoms with Crippen molar-refractivity contribution in [3.63, 3.8) is 0 Å². The van der Waals surface area contributed by atoms with Crippen molar-refractivity contribution in [2.75, 3.05) is 19.6 Å². The first-order valence-corrected chi connectivity index (χ1v) is 8.00. The minimum Gasteiger partial charge on any atom is -0.313 e. The van der Waals surface area contributed by atoms with Gasteiger partial charge in [0.1, 0.15) is 0 Å². The molecule has 0 spiro atoms. The van der Waals surface area contributed by atoms with Crippen LogP contribution in [-0.2, 0) is 0 Å². The topological polar surface area (TPSA) is 15.3 Å². The maximum Gasteiger partial charge on any atom is 0.0197 e. The average molecular weight is 254 g/mol. The molecule has 0 radical (unpaired) electrons. The zero-order valence-electron chi connectivity index (χ0n) is 13.2. The third kappa shape index (κ3) is 5.71. The Morgan fingerprint density at radius 1 is 1.28 bits per heavy atom. The highest BCUT2D eigenvalue weighted by Crippen LogP contribution is 2.17. The van der Waals surface area contributed by atoms with Gasteiger partial charge in [0, 0.05) is 25.2 Å². The molecule has 1 rings (SSSR count). The van der Waals surface area contributed by atoms with Crippen LogP contribution in [0.2, 0.25) is 0 Å². The van der Waals surface area contributed by atoms with E-state index in [9.17, 15) is 0 Å². The number of nitrogens with zero attached hydrogens (tertiary/aromatic N) is 1. The minimum absolute atomic E-state index is 0.698. The minimum atomic E-state index is 0.698. The molecule has 1 saturated heterocycles. The fourth-order valence-electron chi connectivity index (χ4n) is 3.17. The maximum atomic E-state index is 3.74. The lowest BCUT2D eigenvalue weighted by Gasteiger charge is -2.32. The largest absolute Gasteiger partial charge is 0.313 e. The quantitative estimate of drug-likeness (QED) is 0.780. The highest BCUT2D eigenvalue weighted by Gasteiger charge is 2.24.